The van der Waals surface area contributed by atoms with E-state index in [1.165, 1.54) is 16.8 Å². The van der Waals surface area contributed by atoms with Crippen LogP contribution in [0, 0.1) is 12.3 Å². The number of hydrogen-bond donors (Lipinski definition) is 2. The van der Waals surface area contributed by atoms with E-state index in [0.29, 0.717) is 11.4 Å². The number of aromatic nitrogens is 1. The number of nitrogens with zero attached hydrogens (tertiary/aromatic N) is 1. The molecule has 0 saturated carbocycles. The lowest BCUT2D eigenvalue weighted by Crippen LogP contribution is -2.15. The van der Waals surface area contributed by atoms with Crippen molar-refractivity contribution in [2.24, 2.45) is 0 Å². The van der Waals surface area contributed by atoms with E-state index < -0.39 is 5.97 Å². The Kier molecular flexibility index (Phi) is 3.48. The van der Waals surface area contributed by atoms with Gasteiger partial charge in [0.15, 0.2) is 5.69 Å². The van der Waals surface area contributed by atoms with Crippen LogP contribution in [0.4, 0.5) is 5.00 Å². The average Bonchev–Trinajstić information content (AvgIpc) is 2.52. The number of thiazole rings is 1. The first-order valence-corrected chi connectivity index (χ1v) is 4.90. The predicted molar refractivity (Wildman–Crippen MR) is 55.6 cm³/mol. The van der Waals surface area contributed by atoms with Crippen LogP contribution >= 0.6 is 11.3 Å². The van der Waals surface area contributed by atoms with E-state index in [-0.39, 0.29) is 11.7 Å². The number of nitrogens with one attached hydrogen (secondary N) is 1. The summed E-state index contributed by atoms with van der Waals surface area (Å²) >= 11 is 1.26. The number of anilines is 1. The fourth-order valence-corrected chi connectivity index (χ4v) is 1.74. The van der Waals surface area contributed by atoms with E-state index >= 15 is 0 Å². The molecular weight excluding hydrogens is 200 g/mol. The molecule has 0 aromatic carbocycles. The third kappa shape index (κ3) is 2.47. The van der Waals surface area contributed by atoms with Gasteiger partial charge >= 0.3 is 5.97 Å². The lowest BCUT2D eigenvalue weighted by Gasteiger charge is -2.10. The minimum Gasteiger partial charge on any atom is -0.476 e. The number of rotatable bonds is 4. The van der Waals surface area contributed by atoms with Gasteiger partial charge < -0.3 is 10.4 Å². The highest BCUT2D eigenvalue weighted by Crippen LogP contribution is 2.21. The van der Waals surface area contributed by atoms with Crippen LogP contribution < -0.4 is 5.32 Å². The zero-order valence-electron chi connectivity index (χ0n) is 7.65. The molecule has 1 rings (SSSR count). The van der Waals surface area contributed by atoms with Crippen LogP contribution in [0.1, 0.15) is 23.8 Å². The van der Waals surface area contributed by atoms with Crippen molar-refractivity contribution in [2.75, 3.05) is 5.32 Å². The van der Waals surface area contributed by atoms with Gasteiger partial charge in [-0.1, -0.05) is 0 Å². The first-order chi connectivity index (χ1) is 6.65. The SMILES string of the molecule is C#CCC(C)Nc1scnc1C(=O)O. The molecule has 1 atom stereocenters. The first kappa shape index (κ1) is 10.5. The standard InChI is InChI=1S/C9H10N2O2S/c1-3-4-6(2)11-8-7(9(12)13)10-5-14-8/h1,5-6,11H,4H2,2H3,(H,12,13). The molecule has 1 unspecified atom stereocenters. The highest BCUT2D eigenvalue weighted by Gasteiger charge is 2.14. The summed E-state index contributed by atoms with van der Waals surface area (Å²) in [5.41, 5.74) is 1.55. The molecule has 0 aliphatic heterocycles. The minimum absolute atomic E-state index is 0.0542. The van der Waals surface area contributed by atoms with Gasteiger partial charge in [-0.15, -0.1) is 23.7 Å². The zero-order valence-corrected chi connectivity index (χ0v) is 8.47. The van der Waals surface area contributed by atoms with E-state index in [1.54, 1.807) is 0 Å². The van der Waals surface area contributed by atoms with Crippen LogP contribution in [0.3, 0.4) is 0 Å². The molecule has 1 aromatic heterocycles. The number of carbonyl (C=O) groups is 1. The zero-order chi connectivity index (χ0) is 10.6. The highest BCUT2D eigenvalue weighted by molar-refractivity contribution is 7.14. The summed E-state index contributed by atoms with van der Waals surface area (Å²) in [6.45, 7) is 1.89. The Balaban J connectivity index is 2.72. The molecule has 0 radical (unpaired) electrons. The van der Waals surface area contributed by atoms with Crippen LogP contribution in [0.5, 0.6) is 0 Å². The number of terminal acetylenes is 1. The molecule has 0 fully saturated rings. The Labute approximate surface area is 86.0 Å². The molecule has 0 bridgehead atoms. The second-order valence-electron chi connectivity index (χ2n) is 2.79. The van der Waals surface area contributed by atoms with Gasteiger partial charge in [0, 0.05) is 12.5 Å². The lowest BCUT2D eigenvalue weighted by atomic mass is 10.2. The van der Waals surface area contributed by atoms with Crippen LogP contribution in [0.2, 0.25) is 0 Å². The van der Waals surface area contributed by atoms with Crippen molar-refractivity contribution in [1.29, 1.82) is 0 Å². The summed E-state index contributed by atoms with van der Waals surface area (Å²) in [5.74, 6) is 1.48. The second kappa shape index (κ2) is 4.63. The largest absolute Gasteiger partial charge is 0.476 e. The third-order valence-corrected chi connectivity index (χ3v) is 2.33. The summed E-state index contributed by atoms with van der Waals surface area (Å²) in [6.07, 6.45) is 5.69. The molecule has 0 amide bonds. The van der Waals surface area contributed by atoms with Crippen molar-refractivity contribution < 1.29 is 9.90 Å². The highest BCUT2D eigenvalue weighted by atomic mass is 32.1. The fourth-order valence-electron chi connectivity index (χ4n) is 0.953. The summed E-state index contributed by atoms with van der Waals surface area (Å²) in [7, 11) is 0. The molecule has 74 valence electrons. The Morgan fingerprint density at radius 1 is 1.93 bits per heavy atom. The van der Waals surface area contributed by atoms with E-state index in [2.05, 4.69) is 16.2 Å². The van der Waals surface area contributed by atoms with Gasteiger partial charge in [0.25, 0.3) is 0 Å². The topological polar surface area (TPSA) is 62.2 Å². The maximum absolute atomic E-state index is 10.7. The van der Waals surface area contributed by atoms with Gasteiger partial charge in [-0.05, 0) is 6.92 Å². The molecule has 14 heavy (non-hydrogen) atoms. The Morgan fingerprint density at radius 3 is 3.21 bits per heavy atom. The van der Waals surface area contributed by atoms with Crippen molar-refractivity contribution in [3.8, 4) is 12.3 Å². The van der Waals surface area contributed by atoms with Crippen molar-refractivity contribution in [2.45, 2.75) is 19.4 Å². The maximum atomic E-state index is 10.7. The summed E-state index contributed by atoms with van der Waals surface area (Å²) in [5, 5.41) is 12.3. The van der Waals surface area contributed by atoms with Gasteiger partial charge in [0.2, 0.25) is 0 Å². The smallest absolute Gasteiger partial charge is 0.357 e. The van der Waals surface area contributed by atoms with Crippen molar-refractivity contribution in [1.82, 2.24) is 4.98 Å². The van der Waals surface area contributed by atoms with E-state index in [0.717, 1.165) is 0 Å². The Morgan fingerprint density at radius 2 is 2.64 bits per heavy atom. The normalized spacial score (nSPS) is 11.7. The quantitative estimate of drug-likeness (QED) is 0.742. The molecule has 2 N–H and O–H groups in total. The summed E-state index contributed by atoms with van der Waals surface area (Å²) in [6, 6.07) is 0.0542. The monoisotopic (exact) mass is 210 g/mol. The van der Waals surface area contributed by atoms with Gasteiger partial charge in [-0.3, -0.25) is 0 Å². The molecule has 5 heteroatoms. The number of hydrogen-bond acceptors (Lipinski definition) is 4. The molecule has 0 aliphatic carbocycles. The van der Waals surface area contributed by atoms with Gasteiger partial charge in [0.1, 0.15) is 5.00 Å². The molecule has 1 heterocycles. The maximum Gasteiger partial charge on any atom is 0.357 e. The first-order valence-electron chi connectivity index (χ1n) is 4.02. The van der Waals surface area contributed by atoms with E-state index in [1.807, 2.05) is 6.92 Å². The number of carboxylic acid groups (broad SMARTS) is 1. The van der Waals surface area contributed by atoms with Gasteiger partial charge in [-0.25, -0.2) is 9.78 Å². The molecule has 0 saturated heterocycles. The van der Waals surface area contributed by atoms with Crippen molar-refractivity contribution in [3.63, 3.8) is 0 Å². The van der Waals surface area contributed by atoms with Crippen LogP contribution in [0.25, 0.3) is 0 Å². The average molecular weight is 210 g/mol. The van der Waals surface area contributed by atoms with Crippen LogP contribution in [-0.2, 0) is 0 Å². The Hall–Kier alpha value is -1.54. The molecule has 0 spiro atoms. The van der Waals surface area contributed by atoms with E-state index in [4.69, 9.17) is 11.5 Å². The van der Waals surface area contributed by atoms with Crippen molar-refractivity contribution in [3.05, 3.63) is 11.2 Å². The predicted octanol–water partition coefficient (Wildman–Crippen LogP) is 1.66. The lowest BCUT2D eigenvalue weighted by molar-refractivity contribution is 0.0692. The van der Waals surface area contributed by atoms with Crippen molar-refractivity contribution >= 4 is 22.3 Å². The van der Waals surface area contributed by atoms with Gasteiger partial charge in [0.05, 0.1) is 5.51 Å². The fraction of sp³-hybridized carbons (Fsp3) is 0.333. The molecule has 4 nitrogen and oxygen atoms in total. The molecule has 1 aromatic rings. The van der Waals surface area contributed by atoms with Gasteiger partial charge in [-0.2, -0.15) is 0 Å². The second-order valence-corrected chi connectivity index (χ2v) is 3.64. The van der Waals surface area contributed by atoms with Crippen LogP contribution in [-0.4, -0.2) is 22.1 Å². The minimum atomic E-state index is -1.03. The Bertz CT molecular complexity index is 367. The summed E-state index contributed by atoms with van der Waals surface area (Å²) in [4.78, 5) is 14.4. The molecular formula is C9H10N2O2S. The molecule has 0 aliphatic rings. The summed E-state index contributed by atoms with van der Waals surface area (Å²) < 4.78 is 0. The number of carboxylic acids is 1. The number of aromatic carboxylic acids is 1. The van der Waals surface area contributed by atoms with Crippen LogP contribution in [0.15, 0.2) is 5.51 Å². The third-order valence-electron chi connectivity index (χ3n) is 1.57. The van der Waals surface area contributed by atoms with E-state index in [9.17, 15) is 4.79 Å².